The summed E-state index contributed by atoms with van der Waals surface area (Å²) in [6.45, 7) is 4.58. The number of piperidine rings is 1. The van der Waals surface area contributed by atoms with Gasteiger partial charge >= 0.3 is 0 Å². The summed E-state index contributed by atoms with van der Waals surface area (Å²) in [5.41, 5.74) is 0.960. The zero-order valence-electron chi connectivity index (χ0n) is 12.0. The molecule has 1 amide bonds. The standard InChI is InChI=1S/C14H21N3O3/c1-9-5-11(16-20-9)7-17-4-3-10-6-12(14(18)15-2)19-13(10)8-17/h5,10,12-13H,3-4,6-8H2,1-2H3,(H,15,18)/t10-,12+,13+/m0/s1. The van der Waals surface area contributed by atoms with E-state index in [1.54, 1.807) is 7.05 Å². The van der Waals surface area contributed by atoms with Crippen LogP contribution in [0, 0.1) is 12.8 Å². The molecule has 2 aliphatic rings. The number of likely N-dealkylation sites (N-methyl/N-ethyl adjacent to an activating group) is 1. The van der Waals surface area contributed by atoms with Crippen molar-refractivity contribution >= 4 is 5.91 Å². The molecule has 0 aliphatic carbocycles. The molecule has 0 saturated carbocycles. The van der Waals surface area contributed by atoms with E-state index in [9.17, 15) is 4.79 Å². The molecule has 1 aromatic heterocycles. The number of fused-ring (bicyclic) bond motifs is 1. The maximum absolute atomic E-state index is 11.7. The van der Waals surface area contributed by atoms with Crippen molar-refractivity contribution in [3.05, 3.63) is 17.5 Å². The summed E-state index contributed by atoms with van der Waals surface area (Å²) in [5.74, 6) is 1.34. The van der Waals surface area contributed by atoms with Crippen LogP contribution < -0.4 is 5.32 Å². The van der Waals surface area contributed by atoms with Gasteiger partial charge in [0, 0.05) is 26.2 Å². The SMILES string of the molecule is CNC(=O)[C@H]1C[C@@H]2CCN(Cc3cc(C)on3)C[C@H]2O1. The molecule has 2 aliphatic heterocycles. The molecule has 6 heteroatoms. The van der Waals surface area contributed by atoms with E-state index >= 15 is 0 Å². The average Bonchev–Trinajstić information content (AvgIpc) is 3.03. The molecule has 20 heavy (non-hydrogen) atoms. The van der Waals surface area contributed by atoms with Crippen molar-refractivity contribution in [3.8, 4) is 0 Å². The number of amides is 1. The van der Waals surface area contributed by atoms with Crippen molar-refractivity contribution in [1.29, 1.82) is 0 Å². The van der Waals surface area contributed by atoms with Gasteiger partial charge in [-0.3, -0.25) is 9.69 Å². The first-order chi connectivity index (χ1) is 9.65. The second kappa shape index (κ2) is 5.54. The molecule has 2 saturated heterocycles. The maximum atomic E-state index is 11.7. The van der Waals surface area contributed by atoms with Crippen LogP contribution in [0.25, 0.3) is 0 Å². The van der Waals surface area contributed by atoms with Crippen LogP contribution in [0.15, 0.2) is 10.6 Å². The van der Waals surface area contributed by atoms with Crippen LogP contribution in [0.1, 0.15) is 24.3 Å². The number of nitrogens with one attached hydrogen (secondary N) is 1. The van der Waals surface area contributed by atoms with Gasteiger partial charge < -0.3 is 14.6 Å². The summed E-state index contributed by atoms with van der Waals surface area (Å²) in [4.78, 5) is 14.0. The third-order valence-electron chi connectivity index (χ3n) is 4.24. The number of aryl methyl sites for hydroxylation is 1. The highest BCUT2D eigenvalue weighted by molar-refractivity contribution is 5.80. The number of rotatable bonds is 3. The summed E-state index contributed by atoms with van der Waals surface area (Å²) in [5, 5.41) is 6.70. The molecule has 0 unspecified atom stereocenters. The molecule has 0 spiro atoms. The van der Waals surface area contributed by atoms with Crippen LogP contribution in [0.3, 0.4) is 0 Å². The van der Waals surface area contributed by atoms with Gasteiger partial charge in [-0.15, -0.1) is 0 Å². The second-order valence-electron chi connectivity index (χ2n) is 5.73. The summed E-state index contributed by atoms with van der Waals surface area (Å²) < 4.78 is 11.0. The van der Waals surface area contributed by atoms with Crippen molar-refractivity contribution < 1.29 is 14.1 Å². The van der Waals surface area contributed by atoms with Gasteiger partial charge in [-0.1, -0.05) is 5.16 Å². The molecule has 2 fully saturated rings. The van der Waals surface area contributed by atoms with E-state index in [1.165, 1.54) is 0 Å². The van der Waals surface area contributed by atoms with Gasteiger partial charge in [0.15, 0.2) is 0 Å². The monoisotopic (exact) mass is 279 g/mol. The molecule has 1 N–H and O–H groups in total. The molecule has 6 nitrogen and oxygen atoms in total. The van der Waals surface area contributed by atoms with E-state index in [2.05, 4.69) is 15.4 Å². The van der Waals surface area contributed by atoms with Gasteiger partial charge in [0.1, 0.15) is 11.9 Å². The van der Waals surface area contributed by atoms with Crippen molar-refractivity contribution in [2.45, 2.75) is 38.5 Å². The van der Waals surface area contributed by atoms with Crippen molar-refractivity contribution in [2.75, 3.05) is 20.1 Å². The quantitative estimate of drug-likeness (QED) is 0.882. The summed E-state index contributed by atoms with van der Waals surface area (Å²) in [6.07, 6.45) is 1.82. The van der Waals surface area contributed by atoms with E-state index < -0.39 is 0 Å². The summed E-state index contributed by atoms with van der Waals surface area (Å²) in [7, 11) is 1.66. The first-order valence-corrected chi connectivity index (χ1v) is 7.17. The van der Waals surface area contributed by atoms with Gasteiger partial charge in [0.2, 0.25) is 5.91 Å². The minimum atomic E-state index is -0.274. The molecule has 3 rings (SSSR count). The Kier molecular flexibility index (Phi) is 3.76. The largest absolute Gasteiger partial charge is 0.364 e. The van der Waals surface area contributed by atoms with Gasteiger partial charge in [-0.2, -0.15) is 0 Å². The van der Waals surface area contributed by atoms with Crippen LogP contribution in [0.5, 0.6) is 0 Å². The van der Waals surface area contributed by atoms with Crippen molar-refractivity contribution in [2.24, 2.45) is 5.92 Å². The number of aromatic nitrogens is 1. The van der Waals surface area contributed by atoms with Crippen LogP contribution in [0.4, 0.5) is 0 Å². The van der Waals surface area contributed by atoms with Gasteiger partial charge in [-0.25, -0.2) is 0 Å². The normalized spacial score (nSPS) is 30.2. The third kappa shape index (κ3) is 2.71. The Morgan fingerprint density at radius 3 is 3.15 bits per heavy atom. The van der Waals surface area contributed by atoms with Gasteiger partial charge in [0.05, 0.1) is 11.8 Å². The number of hydrogen-bond donors (Lipinski definition) is 1. The highest BCUT2D eigenvalue weighted by Crippen LogP contribution is 2.33. The number of carbonyl (C=O) groups excluding carboxylic acids is 1. The van der Waals surface area contributed by atoms with E-state index in [4.69, 9.17) is 9.26 Å². The second-order valence-corrected chi connectivity index (χ2v) is 5.73. The zero-order valence-corrected chi connectivity index (χ0v) is 12.0. The van der Waals surface area contributed by atoms with E-state index in [1.807, 2.05) is 13.0 Å². The Balaban J connectivity index is 1.57. The summed E-state index contributed by atoms with van der Waals surface area (Å²) >= 11 is 0. The Hall–Kier alpha value is -1.40. The fourth-order valence-corrected chi connectivity index (χ4v) is 3.19. The minimum Gasteiger partial charge on any atom is -0.364 e. The summed E-state index contributed by atoms with van der Waals surface area (Å²) in [6, 6.07) is 1.97. The molecule has 3 atom stereocenters. The van der Waals surface area contributed by atoms with Crippen molar-refractivity contribution in [3.63, 3.8) is 0 Å². The van der Waals surface area contributed by atoms with Gasteiger partial charge in [0.25, 0.3) is 0 Å². The first-order valence-electron chi connectivity index (χ1n) is 7.17. The first kappa shape index (κ1) is 13.6. The predicted octanol–water partition coefficient (Wildman–Crippen LogP) is 0.708. The van der Waals surface area contributed by atoms with Crippen LogP contribution in [-0.4, -0.2) is 48.3 Å². The highest BCUT2D eigenvalue weighted by Gasteiger charge is 2.41. The Bertz CT molecular complexity index is 488. The van der Waals surface area contributed by atoms with E-state index in [0.717, 1.165) is 43.9 Å². The zero-order chi connectivity index (χ0) is 14.1. The molecule has 110 valence electrons. The van der Waals surface area contributed by atoms with Crippen LogP contribution in [0.2, 0.25) is 0 Å². The Morgan fingerprint density at radius 1 is 1.60 bits per heavy atom. The molecule has 0 bridgehead atoms. The molecular weight excluding hydrogens is 258 g/mol. The fourth-order valence-electron chi connectivity index (χ4n) is 3.19. The molecule has 1 aromatic rings. The number of likely N-dealkylation sites (tertiary alicyclic amines) is 1. The van der Waals surface area contributed by atoms with Crippen molar-refractivity contribution in [1.82, 2.24) is 15.4 Å². The van der Waals surface area contributed by atoms with Gasteiger partial charge in [-0.05, 0) is 32.2 Å². The number of ether oxygens (including phenoxy) is 1. The minimum absolute atomic E-state index is 0.00178. The molecule has 0 aromatic carbocycles. The fraction of sp³-hybridized carbons (Fsp3) is 0.714. The Labute approximate surface area is 118 Å². The number of carbonyl (C=O) groups is 1. The van der Waals surface area contributed by atoms with E-state index in [0.29, 0.717) is 5.92 Å². The smallest absolute Gasteiger partial charge is 0.248 e. The average molecular weight is 279 g/mol. The highest BCUT2D eigenvalue weighted by atomic mass is 16.5. The maximum Gasteiger partial charge on any atom is 0.248 e. The predicted molar refractivity (Wildman–Crippen MR) is 72.0 cm³/mol. The molecular formula is C14H21N3O3. The lowest BCUT2D eigenvalue weighted by Gasteiger charge is -2.33. The van der Waals surface area contributed by atoms with E-state index in [-0.39, 0.29) is 18.1 Å². The Morgan fingerprint density at radius 2 is 2.45 bits per heavy atom. The lowest BCUT2D eigenvalue weighted by molar-refractivity contribution is -0.132. The topological polar surface area (TPSA) is 67.6 Å². The number of hydrogen-bond acceptors (Lipinski definition) is 5. The van der Waals surface area contributed by atoms with Crippen LogP contribution in [-0.2, 0) is 16.1 Å². The third-order valence-corrected chi connectivity index (χ3v) is 4.24. The number of nitrogens with zero attached hydrogens (tertiary/aromatic N) is 2. The lowest BCUT2D eigenvalue weighted by atomic mass is 9.91. The van der Waals surface area contributed by atoms with Crippen LogP contribution >= 0.6 is 0 Å². The molecule has 3 heterocycles. The molecule has 0 radical (unpaired) electrons. The lowest BCUT2D eigenvalue weighted by Crippen LogP contribution is -2.42.